The van der Waals surface area contributed by atoms with Crippen LogP contribution in [0.15, 0.2) is 30.3 Å². The van der Waals surface area contributed by atoms with Crippen molar-refractivity contribution in [3.8, 4) is 0 Å². The molecule has 0 saturated carbocycles. The first-order chi connectivity index (χ1) is 8.24. The van der Waals surface area contributed by atoms with Gasteiger partial charge in [0.2, 0.25) is 5.91 Å². The average molecular weight is 234 g/mol. The number of hydrogen-bond acceptors (Lipinski definition) is 2. The Bertz CT molecular complexity index is 324. The standard InChI is InChI=1S/C14H22N2O/c1-3-15-11-12(2)14(17)16-10-9-13-7-5-4-6-8-13/h4-8,12,15H,3,9-11H2,1-2H3,(H,16,17). The van der Waals surface area contributed by atoms with E-state index in [-0.39, 0.29) is 11.8 Å². The highest BCUT2D eigenvalue weighted by molar-refractivity contribution is 5.78. The van der Waals surface area contributed by atoms with Crippen LogP contribution in [0, 0.1) is 5.92 Å². The number of nitrogens with one attached hydrogen (secondary N) is 2. The largest absolute Gasteiger partial charge is 0.355 e. The van der Waals surface area contributed by atoms with Gasteiger partial charge in [-0.15, -0.1) is 0 Å². The zero-order valence-corrected chi connectivity index (χ0v) is 10.7. The first kappa shape index (κ1) is 13.7. The maximum atomic E-state index is 11.7. The van der Waals surface area contributed by atoms with Crippen molar-refractivity contribution in [3.05, 3.63) is 35.9 Å². The molecule has 1 unspecified atom stereocenters. The van der Waals surface area contributed by atoms with Crippen molar-refractivity contribution in [3.63, 3.8) is 0 Å². The molecule has 1 amide bonds. The summed E-state index contributed by atoms with van der Waals surface area (Å²) in [6.45, 7) is 6.34. The topological polar surface area (TPSA) is 41.1 Å². The summed E-state index contributed by atoms with van der Waals surface area (Å²) < 4.78 is 0. The third kappa shape index (κ3) is 5.50. The van der Waals surface area contributed by atoms with Crippen LogP contribution in [0.1, 0.15) is 19.4 Å². The molecule has 2 N–H and O–H groups in total. The van der Waals surface area contributed by atoms with Crippen LogP contribution in [0.25, 0.3) is 0 Å². The van der Waals surface area contributed by atoms with Crippen LogP contribution in [-0.2, 0) is 11.2 Å². The summed E-state index contributed by atoms with van der Waals surface area (Å²) in [5.41, 5.74) is 1.26. The van der Waals surface area contributed by atoms with E-state index in [2.05, 4.69) is 22.8 Å². The van der Waals surface area contributed by atoms with Gasteiger partial charge in [-0.3, -0.25) is 4.79 Å². The molecular formula is C14H22N2O. The van der Waals surface area contributed by atoms with Gasteiger partial charge in [0.15, 0.2) is 0 Å². The lowest BCUT2D eigenvalue weighted by Gasteiger charge is -2.12. The van der Waals surface area contributed by atoms with Gasteiger partial charge in [0, 0.05) is 19.0 Å². The van der Waals surface area contributed by atoms with Gasteiger partial charge in [-0.1, -0.05) is 44.2 Å². The molecule has 0 saturated heterocycles. The molecular weight excluding hydrogens is 212 g/mol. The summed E-state index contributed by atoms with van der Waals surface area (Å²) in [6.07, 6.45) is 0.889. The van der Waals surface area contributed by atoms with E-state index < -0.39 is 0 Å². The van der Waals surface area contributed by atoms with Crippen LogP contribution in [0.5, 0.6) is 0 Å². The Balaban J connectivity index is 2.20. The van der Waals surface area contributed by atoms with Gasteiger partial charge < -0.3 is 10.6 Å². The van der Waals surface area contributed by atoms with Gasteiger partial charge in [-0.25, -0.2) is 0 Å². The lowest BCUT2D eigenvalue weighted by molar-refractivity contribution is -0.124. The second kappa shape index (κ2) is 7.85. The molecule has 0 aliphatic rings. The van der Waals surface area contributed by atoms with Gasteiger partial charge >= 0.3 is 0 Å². The minimum Gasteiger partial charge on any atom is -0.355 e. The Kier molecular flexibility index (Phi) is 6.33. The first-order valence-electron chi connectivity index (χ1n) is 6.26. The highest BCUT2D eigenvalue weighted by Gasteiger charge is 2.10. The molecule has 0 aliphatic heterocycles. The summed E-state index contributed by atoms with van der Waals surface area (Å²) in [5.74, 6) is 0.160. The predicted molar refractivity (Wildman–Crippen MR) is 70.9 cm³/mol. The molecule has 3 heteroatoms. The molecule has 0 aromatic heterocycles. The fraction of sp³-hybridized carbons (Fsp3) is 0.500. The fourth-order valence-corrected chi connectivity index (χ4v) is 1.60. The number of carbonyl (C=O) groups is 1. The highest BCUT2D eigenvalue weighted by Crippen LogP contribution is 1.99. The molecule has 3 nitrogen and oxygen atoms in total. The molecule has 0 heterocycles. The Morgan fingerprint density at radius 2 is 2.00 bits per heavy atom. The van der Waals surface area contributed by atoms with Crippen molar-refractivity contribution >= 4 is 5.91 Å². The van der Waals surface area contributed by atoms with E-state index in [4.69, 9.17) is 0 Å². The smallest absolute Gasteiger partial charge is 0.224 e. The molecule has 1 atom stereocenters. The zero-order valence-electron chi connectivity index (χ0n) is 10.7. The summed E-state index contributed by atoms with van der Waals surface area (Å²) >= 11 is 0. The summed E-state index contributed by atoms with van der Waals surface area (Å²) in [6, 6.07) is 10.2. The fourth-order valence-electron chi connectivity index (χ4n) is 1.60. The van der Waals surface area contributed by atoms with Crippen LogP contribution in [-0.4, -0.2) is 25.5 Å². The Morgan fingerprint density at radius 1 is 1.29 bits per heavy atom. The SMILES string of the molecule is CCNCC(C)C(=O)NCCc1ccccc1. The van der Waals surface area contributed by atoms with Crippen molar-refractivity contribution in [1.82, 2.24) is 10.6 Å². The molecule has 0 fully saturated rings. The molecule has 0 radical (unpaired) electrons. The molecule has 0 bridgehead atoms. The van der Waals surface area contributed by atoms with E-state index in [1.807, 2.05) is 32.0 Å². The van der Waals surface area contributed by atoms with Crippen molar-refractivity contribution in [2.45, 2.75) is 20.3 Å². The van der Waals surface area contributed by atoms with Crippen molar-refractivity contribution in [2.75, 3.05) is 19.6 Å². The monoisotopic (exact) mass is 234 g/mol. The molecule has 1 aromatic carbocycles. The molecule has 94 valence electrons. The maximum Gasteiger partial charge on any atom is 0.224 e. The second-order valence-corrected chi connectivity index (χ2v) is 4.24. The second-order valence-electron chi connectivity index (χ2n) is 4.24. The van der Waals surface area contributed by atoms with Gasteiger partial charge in [-0.2, -0.15) is 0 Å². The normalized spacial score (nSPS) is 12.1. The Morgan fingerprint density at radius 3 is 2.65 bits per heavy atom. The first-order valence-corrected chi connectivity index (χ1v) is 6.26. The third-order valence-electron chi connectivity index (χ3n) is 2.70. The molecule has 17 heavy (non-hydrogen) atoms. The molecule has 1 rings (SSSR count). The van der Waals surface area contributed by atoms with Gasteiger partial charge in [-0.05, 0) is 18.5 Å². The van der Waals surface area contributed by atoms with Crippen molar-refractivity contribution < 1.29 is 4.79 Å². The van der Waals surface area contributed by atoms with E-state index in [9.17, 15) is 4.79 Å². The number of benzene rings is 1. The number of hydrogen-bond donors (Lipinski definition) is 2. The minimum atomic E-state index is 0.0331. The number of carbonyl (C=O) groups excluding carboxylic acids is 1. The maximum absolute atomic E-state index is 11.7. The van der Waals surface area contributed by atoms with Gasteiger partial charge in [0.05, 0.1) is 0 Å². The van der Waals surface area contributed by atoms with E-state index in [1.165, 1.54) is 5.56 Å². The van der Waals surface area contributed by atoms with Crippen molar-refractivity contribution in [1.29, 1.82) is 0 Å². The van der Waals surface area contributed by atoms with Gasteiger partial charge in [0.1, 0.15) is 0 Å². The predicted octanol–water partition coefficient (Wildman–Crippen LogP) is 1.59. The van der Waals surface area contributed by atoms with Crippen LogP contribution < -0.4 is 10.6 Å². The number of rotatable bonds is 7. The summed E-state index contributed by atoms with van der Waals surface area (Å²) in [4.78, 5) is 11.7. The Labute approximate surface area is 104 Å². The average Bonchev–Trinajstić information content (AvgIpc) is 2.37. The lowest BCUT2D eigenvalue weighted by Crippen LogP contribution is -2.36. The highest BCUT2D eigenvalue weighted by atomic mass is 16.1. The van der Waals surface area contributed by atoms with E-state index in [1.54, 1.807) is 0 Å². The summed E-state index contributed by atoms with van der Waals surface area (Å²) in [7, 11) is 0. The molecule has 0 spiro atoms. The third-order valence-corrected chi connectivity index (χ3v) is 2.70. The quantitative estimate of drug-likeness (QED) is 0.752. The van der Waals surface area contributed by atoms with E-state index in [0.717, 1.165) is 19.5 Å². The summed E-state index contributed by atoms with van der Waals surface area (Å²) in [5, 5.41) is 6.14. The van der Waals surface area contributed by atoms with Crippen LogP contribution >= 0.6 is 0 Å². The van der Waals surface area contributed by atoms with E-state index >= 15 is 0 Å². The molecule has 0 aliphatic carbocycles. The van der Waals surface area contributed by atoms with Crippen LogP contribution in [0.4, 0.5) is 0 Å². The van der Waals surface area contributed by atoms with E-state index in [0.29, 0.717) is 6.54 Å². The number of amides is 1. The van der Waals surface area contributed by atoms with Gasteiger partial charge in [0.25, 0.3) is 0 Å². The minimum absolute atomic E-state index is 0.0331. The van der Waals surface area contributed by atoms with Crippen molar-refractivity contribution in [2.24, 2.45) is 5.92 Å². The lowest BCUT2D eigenvalue weighted by atomic mass is 10.1. The molecule has 1 aromatic rings. The van der Waals surface area contributed by atoms with Crippen LogP contribution in [0.3, 0.4) is 0 Å². The zero-order chi connectivity index (χ0) is 12.5. The Hall–Kier alpha value is -1.35. The van der Waals surface area contributed by atoms with Crippen LogP contribution in [0.2, 0.25) is 0 Å².